The average Bonchev–Trinajstić information content (AvgIpc) is 3.11. The molecule has 3 N–H and O–H groups in total. The zero-order valence-electron chi connectivity index (χ0n) is 12.9. The topological polar surface area (TPSA) is 55.1 Å². The SMILES string of the molecule is CC(Cc1cccc(CC2(N)CC2)c1)C(=O)NC1CCC1. The van der Waals surface area contributed by atoms with Crippen molar-refractivity contribution in [1.82, 2.24) is 5.32 Å². The van der Waals surface area contributed by atoms with Crippen LogP contribution in [0.5, 0.6) is 0 Å². The minimum Gasteiger partial charge on any atom is -0.353 e. The standard InChI is InChI=1S/C18H26N2O/c1-13(17(21)20-16-6-3-7-16)10-14-4-2-5-15(11-14)12-18(19)8-9-18/h2,4-5,11,13,16H,3,6-10,12,19H2,1H3,(H,20,21). The molecule has 0 spiro atoms. The van der Waals surface area contributed by atoms with Gasteiger partial charge in [0, 0.05) is 17.5 Å². The normalized spacial score (nSPS) is 21.4. The summed E-state index contributed by atoms with van der Waals surface area (Å²) in [7, 11) is 0. The van der Waals surface area contributed by atoms with Crippen molar-refractivity contribution >= 4 is 5.91 Å². The molecular formula is C18H26N2O. The van der Waals surface area contributed by atoms with Crippen molar-refractivity contribution in [3.05, 3.63) is 35.4 Å². The van der Waals surface area contributed by atoms with Crippen molar-refractivity contribution < 1.29 is 4.79 Å². The molecule has 2 aliphatic rings. The fourth-order valence-electron chi connectivity index (χ4n) is 2.95. The van der Waals surface area contributed by atoms with Crippen molar-refractivity contribution in [2.75, 3.05) is 0 Å². The third-order valence-corrected chi connectivity index (χ3v) is 4.88. The highest BCUT2D eigenvalue weighted by atomic mass is 16.1. The number of amides is 1. The number of carbonyl (C=O) groups excluding carboxylic acids is 1. The molecule has 3 heteroatoms. The second-order valence-electron chi connectivity index (χ2n) is 7.10. The Kier molecular flexibility index (Phi) is 4.03. The lowest BCUT2D eigenvalue weighted by Crippen LogP contribution is -2.42. The third kappa shape index (κ3) is 3.85. The maximum Gasteiger partial charge on any atom is 0.223 e. The van der Waals surface area contributed by atoms with Gasteiger partial charge < -0.3 is 11.1 Å². The van der Waals surface area contributed by atoms with E-state index in [1.54, 1.807) is 0 Å². The Bertz CT molecular complexity index is 518. The lowest BCUT2D eigenvalue weighted by Gasteiger charge is -2.27. The Balaban J connectivity index is 1.55. The van der Waals surface area contributed by atoms with Crippen molar-refractivity contribution in [2.45, 2.75) is 63.5 Å². The van der Waals surface area contributed by atoms with E-state index in [1.807, 2.05) is 6.92 Å². The number of nitrogens with one attached hydrogen (secondary N) is 1. The molecule has 0 aromatic heterocycles. The Morgan fingerprint density at radius 2 is 2.10 bits per heavy atom. The predicted molar refractivity (Wildman–Crippen MR) is 84.9 cm³/mol. The lowest BCUT2D eigenvalue weighted by molar-refractivity contribution is -0.125. The predicted octanol–water partition coefficient (Wildman–Crippen LogP) is 2.57. The quantitative estimate of drug-likeness (QED) is 0.844. The first-order valence-electron chi connectivity index (χ1n) is 8.21. The fraction of sp³-hybridized carbons (Fsp3) is 0.611. The van der Waals surface area contributed by atoms with Crippen molar-refractivity contribution in [1.29, 1.82) is 0 Å². The summed E-state index contributed by atoms with van der Waals surface area (Å²) in [4.78, 5) is 12.1. The molecule has 3 nitrogen and oxygen atoms in total. The van der Waals surface area contributed by atoms with Crippen LogP contribution < -0.4 is 11.1 Å². The largest absolute Gasteiger partial charge is 0.353 e. The Morgan fingerprint density at radius 3 is 2.71 bits per heavy atom. The summed E-state index contributed by atoms with van der Waals surface area (Å²) in [5, 5.41) is 3.14. The van der Waals surface area contributed by atoms with Crippen molar-refractivity contribution in [3.8, 4) is 0 Å². The van der Waals surface area contributed by atoms with E-state index in [0.717, 1.165) is 38.5 Å². The Hall–Kier alpha value is -1.35. The summed E-state index contributed by atoms with van der Waals surface area (Å²) in [5.74, 6) is 0.233. The van der Waals surface area contributed by atoms with Crippen LogP contribution in [0.1, 0.15) is 50.2 Å². The number of benzene rings is 1. The van der Waals surface area contributed by atoms with Gasteiger partial charge in [0.25, 0.3) is 0 Å². The van der Waals surface area contributed by atoms with Gasteiger partial charge in [-0.1, -0.05) is 31.2 Å². The first-order chi connectivity index (χ1) is 10.0. The Morgan fingerprint density at radius 1 is 1.38 bits per heavy atom. The summed E-state index contributed by atoms with van der Waals surface area (Å²) in [6, 6.07) is 9.01. The smallest absolute Gasteiger partial charge is 0.223 e. The summed E-state index contributed by atoms with van der Waals surface area (Å²) in [6.07, 6.45) is 7.59. The number of hydrogen-bond donors (Lipinski definition) is 2. The molecule has 0 heterocycles. The first kappa shape index (κ1) is 14.6. The molecule has 21 heavy (non-hydrogen) atoms. The zero-order valence-corrected chi connectivity index (χ0v) is 12.9. The van der Waals surface area contributed by atoms with Crippen LogP contribution in [-0.2, 0) is 17.6 Å². The molecule has 1 atom stereocenters. The maximum absolute atomic E-state index is 12.1. The third-order valence-electron chi connectivity index (χ3n) is 4.88. The van der Waals surface area contributed by atoms with E-state index in [-0.39, 0.29) is 17.4 Å². The molecule has 1 aromatic carbocycles. The van der Waals surface area contributed by atoms with Gasteiger partial charge in [0.2, 0.25) is 5.91 Å². The average molecular weight is 286 g/mol. The zero-order chi connectivity index (χ0) is 14.9. The van der Waals surface area contributed by atoms with Crippen LogP contribution in [0.4, 0.5) is 0 Å². The van der Waals surface area contributed by atoms with E-state index < -0.39 is 0 Å². The minimum absolute atomic E-state index is 0.0358. The Labute approximate surface area is 127 Å². The summed E-state index contributed by atoms with van der Waals surface area (Å²) >= 11 is 0. The molecule has 1 amide bonds. The summed E-state index contributed by atoms with van der Waals surface area (Å²) < 4.78 is 0. The van der Waals surface area contributed by atoms with Gasteiger partial charge in [-0.2, -0.15) is 0 Å². The summed E-state index contributed by atoms with van der Waals surface area (Å²) in [6.45, 7) is 2.02. The van der Waals surface area contributed by atoms with Crippen LogP contribution in [-0.4, -0.2) is 17.5 Å². The number of hydrogen-bond acceptors (Lipinski definition) is 2. The van der Waals surface area contributed by atoms with Crippen LogP contribution >= 0.6 is 0 Å². The second kappa shape index (κ2) is 5.80. The molecule has 0 bridgehead atoms. The molecule has 2 aliphatic carbocycles. The summed E-state index contributed by atoms with van der Waals surface area (Å²) in [5.41, 5.74) is 8.79. The van der Waals surface area contributed by atoms with Crippen LogP contribution in [0, 0.1) is 5.92 Å². The first-order valence-corrected chi connectivity index (χ1v) is 8.21. The molecule has 1 aromatic rings. The van der Waals surface area contributed by atoms with E-state index in [0.29, 0.717) is 6.04 Å². The van der Waals surface area contributed by atoms with Gasteiger partial charge in [-0.05, 0) is 56.1 Å². The fourth-order valence-corrected chi connectivity index (χ4v) is 2.95. The van der Waals surface area contributed by atoms with Crippen molar-refractivity contribution in [2.24, 2.45) is 11.7 Å². The maximum atomic E-state index is 12.1. The highest BCUT2D eigenvalue weighted by Gasteiger charge is 2.37. The second-order valence-corrected chi connectivity index (χ2v) is 7.10. The monoisotopic (exact) mass is 286 g/mol. The van der Waals surface area contributed by atoms with Gasteiger partial charge in [-0.25, -0.2) is 0 Å². The number of nitrogens with two attached hydrogens (primary N) is 1. The van der Waals surface area contributed by atoms with Gasteiger partial charge in [-0.3, -0.25) is 4.79 Å². The van der Waals surface area contributed by atoms with E-state index >= 15 is 0 Å². The molecule has 2 saturated carbocycles. The van der Waals surface area contributed by atoms with Gasteiger partial charge in [0.15, 0.2) is 0 Å². The van der Waals surface area contributed by atoms with Gasteiger partial charge in [-0.15, -0.1) is 0 Å². The molecule has 0 aliphatic heterocycles. The van der Waals surface area contributed by atoms with Gasteiger partial charge >= 0.3 is 0 Å². The van der Waals surface area contributed by atoms with E-state index in [4.69, 9.17) is 5.73 Å². The number of rotatable bonds is 6. The molecule has 1 unspecified atom stereocenters. The molecule has 0 radical (unpaired) electrons. The highest BCUT2D eigenvalue weighted by molar-refractivity contribution is 5.79. The van der Waals surface area contributed by atoms with E-state index in [9.17, 15) is 4.79 Å². The van der Waals surface area contributed by atoms with Gasteiger partial charge in [0.1, 0.15) is 0 Å². The van der Waals surface area contributed by atoms with Crippen molar-refractivity contribution in [3.63, 3.8) is 0 Å². The minimum atomic E-state index is 0.0358. The van der Waals surface area contributed by atoms with Crippen LogP contribution in [0.15, 0.2) is 24.3 Å². The van der Waals surface area contributed by atoms with Crippen LogP contribution in [0.25, 0.3) is 0 Å². The lowest BCUT2D eigenvalue weighted by atomic mass is 9.91. The number of carbonyl (C=O) groups is 1. The molecular weight excluding hydrogens is 260 g/mol. The van der Waals surface area contributed by atoms with Crippen LogP contribution in [0.2, 0.25) is 0 Å². The molecule has 2 fully saturated rings. The molecule has 114 valence electrons. The highest BCUT2D eigenvalue weighted by Crippen LogP contribution is 2.35. The van der Waals surface area contributed by atoms with Gasteiger partial charge in [0.05, 0.1) is 0 Å². The van der Waals surface area contributed by atoms with E-state index in [2.05, 4.69) is 29.6 Å². The molecule has 3 rings (SSSR count). The van der Waals surface area contributed by atoms with E-state index in [1.165, 1.54) is 17.5 Å². The van der Waals surface area contributed by atoms with Crippen LogP contribution in [0.3, 0.4) is 0 Å². The molecule has 0 saturated heterocycles.